The van der Waals surface area contributed by atoms with Gasteiger partial charge in [0.1, 0.15) is 11.1 Å². The maximum Gasteiger partial charge on any atom is 0.220 e. The standard InChI is InChI=1S/C51H59N5O2/c1-49-27-38-28-50(2,32-49)34-51(29-38,33-49)30-43(58)53-25-12-4-3-7-14-36-15-13-16-37(26-36)31-55-46(40-19-10-6-11-20-40)44(39-17-8-5-9-18-39)45-47(52)56(35-54-48(45)55)41-21-23-42(57)24-22-41/h5-6,8-11,13,15-20,26,35,38,41-42,52,57H,3-4,12,21-25,27-34H2,1-2H3,(H,53,58). The van der Waals surface area contributed by atoms with Crippen molar-refractivity contribution in [1.29, 1.82) is 5.41 Å². The highest BCUT2D eigenvalue weighted by Crippen LogP contribution is 2.70. The minimum Gasteiger partial charge on any atom is -0.393 e. The van der Waals surface area contributed by atoms with Crippen LogP contribution in [-0.2, 0) is 11.3 Å². The zero-order valence-electron chi connectivity index (χ0n) is 34.4. The molecule has 7 nitrogen and oxygen atoms in total. The first-order valence-electron chi connectivity index (χ1n) is 21.9. The second kappa shape index (κ2) is 15.7. The van der Waals surface area contributed by atoms with Crippen LogP contribution in [-0.4, -0.2) is 37.8 Å². The van der Waals surface area contributed by atoms with Gasteiger partial charge in [-0.25, -0.2) is 4.98 Å². The summed E-state index contributed by atoms with van der Waals surface area (Å²) in [6.45, 7) is 6.27. The quantitative estimate of drug-likeness (QED) is 0.0921. The number of hydrogen-bond acceptors (Lipinski definition) is 4. The molecule has 0 spiro atoms. The van der Waals surface area contributed by atoms with E-state index in [9.17, 15) is 15.3 Å². The van der Waals surface area contributed by atoms with Crippen molar-refractivity contribution in [1.82, 2.24) is 19.4 Å². The van der Waals surface area contributed by atoms with Crippen LogP contribution in [0.1, 0.15) is 121 Å². The molecule has 5 fully saturated rings. The van der Waals surface area contributed by atoms with Gasteiger partial charge in [0.05, 0.1) is 23.5 Å². The molecule has 0 aliphatic heterocycles. The van der Waals surface area contributed by atoms with Gasteiger partial charge in [-0.3, -0.25) is 10.2 Å². The van der Waals surface area contributed by atoms with Gasteiger partial charge in [-0.15, -0.1) is 0 Å². The van der Waals surface area contributed by atoms with Crippen molar-refractivity contribution < 1.29 is 9.90 Å². The fourth-order valence-electron chi connectivity index (χ4n) is 12.8. The fraction of sp³-hybridized carbons (Fsp3) is 0.471. The SMILES string of the molecule is CC12CC3CC(C)(C1)CC(CC(=O)NCCCCC#Cc1cccc(Cn4c(-c5ccccc5)c(-c5ccccc5)c5c(=N)n(C6CCC(O)CC6)cnc54)c1)(C3)C2. The Bertz CT molecular complexity index is 2390. The van der Waals surface area contributed by atoms with Gasteiger partial charge < -0.3 is 19.6 Å². The van der Waals surface area contributed by atoms with Gasteiger partial charge in [0.15, 0.2) is 0 Å². The summed E-state index contributed by atoms with van der Waals surface area (Å²) >= 11 is 0. The van der Waals surface area contributed by atoms with Crippen LogP contribution in [0.4, 0.5) is 0 Å². The Labute approximate surface area is 343 Å². The van der Waals surface area contributed by atoms with E-state index in [4.69, 9.17) is 4.98 Å². The normalized spacial score (nSPS) is 27.3. The van der Waals surface area contributed by atoms with Crippen LogP contribution in [0, 0.1) is 39.4 Å². The molecule has 7 heteroatoms. The number of nitrogens with zero attached hydrogens (tertiary/aromatic N) is 3. The topological polar surface area (TPSA) is 95.9 Å². The Morgan fingerprint density at radius 2 is 1.59 bits per heavy atom. The lowest BCUT2D eigenvalue weighted by Gasteiger charge is -2.65. The maximum atomic E-state index is 13.2. The molecular weight excluding hydrogens is 715 g/mol. The number of nitrogens with one attached hydrogen (secondary N) is 2. The van der Waals surface area contributed by atoms with Crippen LogP contribution in [0.3, 0.4) is 0 Å². The molecule has 3 aromatic carbocycles. The largest absolute Gasteiger partial charge is 0.393 e. The molecule has 10 rings (SSSR count). The Hall–Kier alpha value is -4.93. The monoisotopic (exact) mass is 773 g/mol. The molecule has 3 N–H and O–H groups in total. The Morgan fingerprint density at radius 1 is 0.879 bits per heavy atom. The zero-order chi connectivity index (χ0) is 39.9. The Kier molecular flexibility index (Phi) is 10.4. The minimum absolute atomic E-state index is 0.137. The first kappa shape index (κ1) is 38.6. The highest BCUT2D eigenvalue weighted by atomic mass is 16.3. The van der Waals surface area contributed by atoms with Crippen molar-refractivity contribution >= 4 is 16.9 Å². The number of aliphatic hydroxyl groups is 1. The van der Waals surface area contributed by atoms with E-state index in [0.717, 1.165) is 102 Å². The second-order valence-electron chi connectivity index (χ2n) is 19.3. The number of hydrogen-bond donors (Lipinski definition) is 3. The van der Waals surface area contributed by atoms with E-state index in [2.05, 4.69) is 108 Å². The molecule has 300 valence electrons. The van der Waals surface area contributed by atoms with Crippen molar-refractivity contribution in [3.05, 3.63) is 108 Å². The summed E-state index contributed by atoms with van der Waals surface area (Å²) in [5, 5.41) is 24.0. The molecule has 5 saturated carbocycles. The lowest BCUT2D eigenvalue weighted by molar-refractivity contribution is -0.156. The summed E-state index contributed by atoms with van der Waals surface area (Å²) in [6.07, 6.45) is 15.9. The third kappa shape index (κ3) is 7.81. The molecular formula is C51H59N5O2. The molecule has 2 atom stereocenters. The van der Waals surface area contributed by atoms with Crippen molar-refractivity contribution in [3.63, 3.8) is 0 Å². The summed E-state index contributed by atoms with van der Waals surface area (Å²) in [5.41, 5.74) is 8.66. The van der Waals surface area contributed by atoms with Gasteiger partial charge in [-0.2, -0.15) is 0 Å². The van der Waals surface area contributed by atoms with Crippen molar-refractivity contribution in [2.45, 2.75) is 122 Å². The molecule has 1 amide bonds. The summed E-state index contributed by atoms with van der Waals surface area (Å²) in [5.74, 6) is 7.89. The van der Waals surface area contributed by atoms with E-state index in [0.29, 0.717) is 29.3 Å². The van der Waals surface area contributed by atoms with Gasteiger partial charge in [0.25, 0.3) is 0 Å². The number of rotatable bonds is 11. The molecule has 0 radical (unpaired) electrons. The molecule has 2 heterocycles. The number of aromatic nitrogens is 3. The van der Waals surface area contributed by atoms with Gasteiger partial charge in [-0.1, -0.05) is 98.5 Å². The van der Waals surface area contributed by atoms with Crippen molar-refractivity contribution in [2.24, 2.45) is 22.2 Å². The lowest BCUT2D eigenvalue weighted by Crippen LogP contribution is -2.56. The smallest absolute Gasteiger partial charge is 0.220 e. The van der Waals surface area contributed by atoms with Gasteiger partial charge in [0, 0.05) is 43.1 Å². The number of carbonyl (C=O) groups is 1. The van der Waals surface area contributed by atoms with Crippen LogP contribution in [0.15, 0.2) is 91.3 Å². The van der Waals surface area contributed by atoms with E-state index in [1.165, 1.54) is 38.5 Å². The number of fused-ring (bicyclic) bond motifs is 1. The second-order valence-corrected chi connectivity index (χ2v) is 19.3. The van der Waals surface area contributed by atoms with E-state index in [-0.39, 0.29) is 23.5 Å². The molecule has 2 aromatic heterocycles. The Morgan fingerprint density at radius 3 is 2.29 bits per heavy atom. The van der Waals surface area contributed by atoms with Crippen molar-refractivity contribution in [3.8, 4) is 34.2 Å². The van der Waals surface area contributed by atoms with Crippen molar-refractivity contribution in [2.75, 3.05) is 6.54 Å². The van der Waals surface area contributed by atoms with Gasteiger partial charge in [-0.05, 0) is 128 Å². The fourth-order valence-corrected chi connectivity index (χ4v) is 12.8. The number of amides is 1. The maximum absolute atomic E-state index is 13.2. The summed E-state index contributed by atoms with van der Waals surface area (Å²) in [6, 6.07) is 29.5. The summed E-state index contributed by atoms with van der Waals surface area (Å²) in [7, 11) is 0. The predicted octanol–water partition coefficient (Wildman–Crippen LogP) is 10.2. The zero-order valence-corrected chi connectivity index (χ0v) is 34.4. The summed E-state index contributed by atoms with van der Waals surface area (Å²) in [4.78, 5) is 18.3. The number of unbranched alkanes of at least 4 members (excludes halogenated alkanes) is 2. The molecule has 4 bridgehead atoms. The predicted molar refractivity (Wildman–Crippen MR) is 232 cm³/mol. The summed E-state index contributed by atoms with van der Waals surface area (Å²) < 4.78 is 4.32. The van der Waals surface area contributed by atoms with Crippen LogP contribution in [0.25, 0.3) is 33.4 Å². The van der Waals surface area contributed by atoms with Gasteiger partial charge in [0.2, 0.25) is 5.91 Å². The number of aliphatic hydroxyl groups excluding tert-OH is 1. The first-order valence-corrected chi connectivity index (χ1v) is 21.9. The third-order valence-corrected chi connectivity index (χ3v) is 14.0. The highest BCUT2D eigenvalue weighted by molar-refractivity contribution is 6.02. The van der Waals surface area contributed by atoms with Gasteiger partial charge >= 0.3 is 0 Å². The van der Waals surface area contributed by atoms with Crippen LogP contribution >= 0.6 is 0 Å². The molecule has 5 aliphatic rings. The Balaban J connectivity index is 0.904. The average Bonchev–Trinajstić information content (AvgIpc) is 3.51. The average molecular weight is 774 g/mol. The lowest BCUT2D eigenvalue weighted by atomic mass is 9.40. The first-order chi connectivity index (χ1) is 28.1. The van der Waals surface area contributed by atoms with Crippen LogP contribution in [0.2, 0.25) is 0 Å². The number of benzene rings is 3. The van der Waals surface area contributed by atoms with E-state index in [1.807, 2.05) is 23.0 Å². The van der Waals surface area contributed by atoms with E-state index < -0.39 is 0 Å². The van der Waals surface area contributed by atoms with E-state index in [1.54, 1.807) is 0 Å². The molecule has 0 saturated heterocycles. The number of carbonyl (C=O) groups excluding carboxylic acids is 1. The third-order valence-electron chi connectivity index (χ3n) is 14.0. The van der Waals surface area contributed by atoms with Crippen LogP contribution in [0.5, 0.6) is 0 Å². The van der Waals surface area contributed by atoms with Crippen LogP contribution < -0.4 is 10.8 Å². The molecule has 2 unspecified atom stereocenters. The molecule has 5 aliphatic carbocycles. The minimum atomic E-state index is -0.262. The highest BCUT2D eigenvalue weighted by Gasteiger charge is 2.60. The van der Waals surface area contributed by atoms with E-state index >= 15 is 0 Å². The molecule has 58 heavy (non-hydrogen) atoms. The molecule has 5 aromatic rings.